The lowest BCUT2D eigenvalue weighted by Crippen LogP contribution is -2.37. The number of carbonyl (C=O) groups excluding carboxylic acids is 1. The normalized spacial score (nSPS) is 22.5. The minimum absolute atomic E-state index is 0.0784. The summed E-state index contributed by atoms with van der Waals surface area (Å²) in [4.78, 5) is 16.8. The molecule has 116 valence electrons. The maximum absolute atomic E-state index is 12.3. The van der Waals surface area contributed by atoms with Gasteiger partial charge in [-0.05, 0) is 50.8 Å². The molecule has 1 amide bonds. The quantitative estimate of drug-likeness (QED) is 0.853. The van der Waals surface area contributed by atoms with Gasteiger partial charge in [0, 0.05) is 25.7 Å². The first kappa shape index (κ1) is 14.6. The molecule has 1 aromatic heterocycles. The maximum atomic E-state index is 12.3. The van der Waals surface area contributed by atoms with E-state index in [-0.39, 0.29) is 5.91 Å². The van der Waals surface area contributed by atoms with Gasteiger partial charge in [0.05, 0.1) is 0 Å². The highest BCUT2D eigenvalue weighted by molar-refractivity contribution is 7.11. The number of nitrogens with one attached hydrogen (secondary N) is 1. The van der Waals surface area contributed by atoms with Gasteiger partial charge in [0.2, 0.25) is 0 Å². The highest BCUT2D eigenvalue weighted by atomic mass is 32.1. The van der Waals surface area contributed by atoms with Crippen molar-refractivity contribution < 1.29 is 4.79 Å². The van der Waals surface area contributed by atoms with Gasteiger partial charge in [-0.2, -0.15) is 4.37 Å². The molecule has 1 unspecified atom stereocenters. The number of rotatable bonds is 5. The van der Waals surface area contributed by atoms with Crippen LogP contribution >= 0.6 is 11.5 Å². The summed E-state index contributed by atoms with van der Waals surface area (Å²) in [7, 11) is 4.18. The number of amides is 1. The van der Waals surface area contributed by atoms with Gasteiger partial charge in [0.15, 0.2) is 5.82 Å². The standard InChI is InChI=1S/C14H23N5OS/c1-18-7-3-4-10(18)8-19(2)14-11(12(15)17-21-14)13(20)16-9-5-6-9/h9-10H,3-8H2,1-2H3,(H2,15,17)(H,16,20). The highest BCUT2D eigenvalue weighted by Crippen LogP contribution is 2.32. The Kier molecular flexibility index (Phi) is 4.03. The summed E-state index contributed by atoms with van der Waals surface area (Å²) in [6.45, 7) is 2.06. The van der Waals surface area contributed by atoms with E-state index in [9.17, 15) is 4.79 Å². The first-order chi connectivity index (χ1) is 10.1. The third kappa shape index (κ3) is 3.13. The molecule has 3 N–H and O–H groups in total. The monoisotopic (exact) mass is 309 g/mol. The Morgan fingerprint density at radius 3 is 2.90 bits per heavy atom. The van der Waals surface area contributed by atoms with Crippen molar-refractivity contribution in [3.8, 4) is 0 Å². The number of nitrogens with two attached hydrogens (primary N) is 1. The van der Waals surface area contributed by atoms with E-state index in [0.717, 1.165) is 30.9 Å². The van der Waals surface area contributed by atoms with Crippen LogP contribution < -0.4 is 16.0 Å². The maximum Gasteiger partial charge on any atom is 0.258 e. The number of likely N-dealkylation sites (N-methyl/N-ethyl adjacent to an activating group) is 2. The Labute approximate surface area is 129 Å². The predicted molar refractivity (Wildman–Crippen MR) is 85.9 cm³/mol. The lowest BCUT2D eigenvalue weighted by molar-refractivity contribution is 0.0952. The molecule has 2 fully saturated rings. The number of carbonyl (C=O) groups is 1. The molecule has 1 aliphatic heterocycles. The molecule has 1 saturated heterocycles. The van der Waals surface area contributed by atoms with E-state index >= 15 is 0 Å². The summed E-state index contributed by atoms with van der Waals surface area (Å²) in [6, 6.07) is 0.869. The Morgan fingerprint density at radius 2 is 2.29 bits per heavy atom. The summed E-state index contributed by atoms with van der Waals surface area (Å²) >= 11 is 1.32. The lowest BCUT2D eigenvalue weighted by Gasteiger charge is -2.26. The van der Waals surface area contributed by atoms with E-state index in [1.54, 1.807) is 0 Å². The van der Waals surface area contributed by atoms with Crippen molar-refractivity contribution in [3.63, 3.8) is 0 Å². The van der Waals surface area contributed by atoms with Crippen LogP contribution in [0.25, 0.3) is 0 Å². The van der Waals surface area contributed by atoms with Crippen molar-refractivity contribution in [2.75, 3.05) is 37.8 Å². The van der Waals surface area contributed by atoms with E-state index in [1.807, 2.05) is 7.05 Å². The molecule has 1 aromatic rings. The molecule has 0 aromatic carbocycles. The molecular weight excluding hydrogens is 286 g/mol. The first-order valence-electron chi connectivity index (χ1n) is 7.53. The molecule has 2 heterocycles. The fourth-order valence-electron chi connectivity index (χ4n) is 2.86. The van der Waals surface area contributed by atoms with Crippen LogP contribution in [0.3, 0.4) is 0 Å². The minimum Gasteiger partial charge on any atom is -0.382 e. The molecule has 2 aliphatic rings. The number of likely N-dealkylation sites (tertiary alicyclic amines) is 1. The molecule has 0 spiro atoms. The Morgan fingerprint density at radius 1 is 1.52 bits per heavy atom. The molecule has 0 bridgehead atoms. The average Bonchev–Trinajstić information content (AvgIpc) is 3.03. The van der Waals surface area contributed by atoms with Gasteiger partial charge < -0.3 is 20.9 Å². The largest absolute Gasteiger partial charge is 0.382 e. The molecule has 0 radical (unpaired) electrons. The summed E-state index contributed by atoms with van der Waals surface area (Å²) in [5, 5.41) is 3.89. The van der Waals surface area contributed by atoms with Crippen molar-refractivity contribution in [2.45, 2.75) is 37.8 Å². The van der Waals surface area contributed by atoms with Gasteiger partial charge in [-0.15, -0.1) is 0 Å². The van der Waals surface area contributed by atoms with Crippen LogP contribution in [-0.2, 0) is 0 Å². The van der Waals surface area contributed by atoms with E-state index in [0.29, 0.717) is 23.5 Å². The zero-order valence-electron chi connectivity index (χ0n) is 12.6. The fourth-order valence-corrected chi connectivity index (χ4v) is 3.64. The van der Waals surface area contributed by atoms with Crippen LogP contribution in [0.2, 0.25) is 0 Å². The summed E-state index contributed by atoms with van der Waals surface area (Å²) in [5.74, 6) is 0.269. The molecule has 1 saturated carbocycles. The second-order valence-electron chi connectivity index (χ2n) is 6.15. The Balaban J connectivity index is 1.73. The van der Waals surface area contributed by atoms with Gasteiger partial charge in [0.1, 0.15) is 10.6 Å². The zero-order valence-corrected chi connectivity index (χ0v) is 13.4. The van der Waals surface area contributed by atoms with Crippen molar-refractivity contribution >= 4 is 28.3 Å². The molecule has 6 nitrogen and oxygen atoms in total. The topological polar surface area (TPSA) is 74.5 Å². The van der Waals surface area contributed by atoms with Crippen LogP contribution in [-0.4, -0.2) is 54.4 Å². The first-order valence-corrected chi connectivity index (χ1v) is 8.31. The van der Waals surface area contributed by atoms with Crippen molar-refractivity contribution in [1.82, 2.24) is 14.6 Å². The van der Waals surface area contributed by atoms with Gasteiger partial charge in [-0.1, -0.05) is 0 Å². The van der Waals surface area contributed by atoms with Crippen molar-refractivity contribution in [3.05, 3.63) is 5.56 Å². The molecule has 7 heteroatoms. The van der Waals surface area contributed by atoms with Crippen molar-refractivity contribution in [2.24, 2.45) is 0 Å². The lowest BCUT2D eigenvalue weighted by atomic mass is 10.2. The fraction of sp³-hybridized carbons (Fsp3) is 0.714. The number of nitrogen functional groups attached to an aromatic ring is 1. The number of hydrogen-bond donors (Lipinski definition) is 2. The van der Waals surface area contributed by atoms with E-state index in [2.05, 4.69) is 26.5 Å². The van der Waals surface area contributed by atoms with Crippen LogP contribution in [0.1, 0.15) is 36.0 Å². The van der Waals surface area contributed by atoms with E-state index in [4.69, 9.17) is 5.73 Å². The molecule has 3 rings (SSSR count). The Hall–Kier alpha value is -1.34. The van der Waals surface area contributed by atoms with Crippen LogP contribution in [0.4, 0.5) is 10.8 Å². The highest BCUT2D eigenvalue weighted by Gasteiger charge is 2.30. The van der Waals surface area contributed by atoms with E-state index in [1.165, 1.54) is 24.4 Å². The molecule has 1 atom stereocenters. The third-order valence-electron chi connectivity index (χ3n) is 4.34. The smallest absolute Gasteiger partial charge is 0.258 e. The molecule has 1 aliphatic carbocycles. The van der Waals surface area contributed by atoms with Crippen LogP contribution in [0.15, 0.2) is 0 Å². The second kappa shape index (κ2) is 5.81. The summed E-state index contributed by atoms with van der Waals surface area (Å²) < 4.78 is 4.18. The van der Waals surface area contributed by atoms with Crippen LogP contribution in [0, 0.1) is 0 Å². The van der Waals surface area contributed by atoms with Crippen molar-refractivity contribution in [1.29, 1.82) is 0 Å². The van der Waals surface area contributed by atoms with Crippen LogP contribution in [0.5, 0.6) is 0 Å². The molecular formula is C14H23N5OS. The van der Waals surface area contributed by atoms with Gasteiger partial charge >= 0.3 is 0 Å². The van der Waals surface area contributed by atoms with E-state index < -0.39 is 0 Å². The third-order valence-corrected chi connectivity index (χ3v) is 5.32. The van der Waals surface area contributed by atoms with Gasteiger partial charge in [-0.3, -0.25) is 4.79 Å². The number of anilines is 2. The minimum atomic E-state index is -0.0784. The second-order valence-corrected chi connectivity index (χ2v) is 6.90. The number of nitrogens with zero attached hydrogens (tertiary/aromatic N) is 3. The summed E-state index contributed by atoms with van der Waals surface area (Å²) in [5.41, 5.74) is 6.46. The number of aromatic nitrogens is 1. The van der Waals surface area contributed by atoms with Gasteiger partial charge in [-0.25, -0.2) is 0 Å². The predicted octanol–water partition coefficient (Wildman–Crippen LogP) is 1.15. The Bertz CT molecular complexity index is 527. The molecule has 21 heavy (non-hydrogen) atoms. The summed E-state index contributed by atoms with van der Waals surface area (Å²) in [6.07, 6.45) is 4.59. The number of hydrogen-bond acceptors (Lipinski definition) is 6. The van der Waals surface area contributed by atoms with Gasteiger partial charge in [0.25, 0.3) is 5.91 Å². The SMILES string of the molecule is CN(CC1CCCN1C)c1snc(N)c1C(=O)NC1CC1. The zero-order chi connectivity index (χ0) is 15.0. The average molecular weight is 309 g/mol.